The molecule has 3 aromatic heterocycles. The van der Waals surface area contributed by atoms with E-state index in [1.54, 1.807) is 25.4 Å². The van der Waals surface area contributed by atoms with Crippen molar-refractivity contribution in [3.63, 3.8) is 0 Å². The van der Waals surface area contributed by atoms with Gasteiger partial charge in [0.1, 0.15) is 0 Å². The Bertz CT molecular complexity index is 1240. The van der Waals surface area contributed by atoms with Crippen molar-refractivity contribution in [1.29, 1.82) is 0 Å². The molecule has 0 unspecified atom stereocenters. The zero-order chi connectivity index (χ0) is 21.4. The lowest BCUT2D eigenvalue weighted by Gasteiger charge is -2.28. The Morgan fingerprint density at radius 1 is 1.16 bits per heavy atom. The molecular formula is C22H23N7O2. The maximum atomic E-state index is 12.7. The van der Waals surface area contributed by atoms with Crippen LogP contribution < -0.4 is 5.32 Å². The number of fused-ring (bicyclic) bond motifs is 1. The molecule has 0 aliphatic carbocycles. The van der Waals surface area contributed by atoms with Crippen LogP contribution in [0.3, 0.4) is 0 Å². The number of aromatic nitrogens is 5. The highest BCUT2D eigenvalue weighted by Crippen LogP contribution is 2.25. The molecule has 9 nitrogen and oxygen atoms in total. The number of rotatable bonds is 4. The first-order chi connectivity index (χ1) is 15.0. The summed E-state index contributed by atoms with van der Waals surface area (Å²) in [6.07, 6.45) is 7.16. The number of benzene rings is 1. The van der Waals surface area contributed by atoms with Crippen molar-refractivity contribution >= 4 is 22.6 Å². The summed E-state index contributed by atoms with van der Waals surface area (Å²) in [4.78, 5) is 19.2. The minimum absolute atomic E-state index is 0.255. The topological polar surface area (TPSA) is 102 Å². The Labute approximate surface area is 179 Å². The molecule has 0 saturated carbocycles. The summed E-state index contributed by atoms with van der Waals surface area (Å²) in [7, 11) is 2.12. The molecule has 1 aliphatic rings. The third-order valence-electron chi connectivity index (χ3n) is 5.66. The van der Waals surface area contributed by atoms with E-state index in [2.05, 4.69) is 37.5 Å². The molecule has 5 rings (SSSR count). The van der Waals surface area contributed by atoms with E-state index in [0.717, 1.165) is 42.4 Å². The molecule has 4 aromatic rings. The van der Waals surface area contributed by atoms with Crippen LogP contribution in [0.4, 0.5) is 5.82 Å². The van der Waals surface area contributed by atoms with E-state index in [1.807, 2.05) is 29.1 Å². The fourth-order valence-electron chi connectivity index (χ4n) is 3.86. The predicted octanol–water partition coefficient (Wildman–Crippen LogP) is 3.31. The number of hydrogen-bond acceptors (Lipinski definition) is 7. The number of piperidine rings is 1. The lowest BCUT2D eigenvalue weighted by atomic mass is 10.1. The molecular weight excluding hydrogens is 394 g/mol. The third kappa shape index (κ3) is 4.04. The van der Waals surface area contributed by atoms with Crippen LogP contribution in [-0.4, -0.2) is 55.9 Å². The van der Waals surface area contributed by atoms with Crippen molar-refractivity contribution in [2.45, 2.75) is 25.8 Å². The maximum absolute atomic E-state index is 12.7. The normalized spacial score (nSPS) is 15.4. The molecule has 1 fully saturated rings. The summed E-state index contributed by atoms with van der Waals surface area (Å²) in [5.41, 5.74) is 2.12. The average Bonchev–Trinajstić information content (AvgIpc) is 3.43. The lowest BCUT2D eigenvalue weighted by molar-refractivity contribution is 0.102. The van der Waals surface area contributed by atoms with Crippen molar-refractivity contribution < 1.29 is 9.21 Å². The van der Waals surface area contributed by atoms with E-state index in [9.17, 15) is 4.79 Å². The molecule has 4 heterocycles. The Hall–Kier alpha value is -3.59. The molecule has 0 spiro atoms. The van der Waals surface area contributed by atoms with Crippen molar-refractivity contribution in [3.8, 4) is 11.3 Å². The van der Waals surface area contributed by atoms with Gasteiger partial charge in [-0.3, -0.25) is 9.48 Å². The van der Waals surface area contributed by atoms with Gasteiger partial charge in [0.2, 0.25) is 0 Å². The summed E-state index contributed by atoms with van der Waals surface area (Å²) in [6, 6.07) is 7.85. The molecule has 1 N–H and O–H groups in total. The highest BCUT2D eigenvalue weighted by Gasteiger charge is 2.20. The highest BCUT2D eigenvalue weighted by molar-refractivity contribution is 6.04. The van der Waals surface area contributed by atoms with Gasteiger partial charge >= 0.3 is 0 Å². The van der Waals surface area contributed by atoms with E-state index in [4.69, 9.17) is 4.42 Å². The van der Waals surface area contributed by atoms with Crippen LogP contribution in [0.5, 0.6) is 0 Å². The standard InChI is InChI=1S/C22H23N7O2/c1-14-23-12-20(31-14)15-3-4-19-16(9-15)10-21(27-26-19)25-22(30)17-11-24-29(13-17)18-5-7-28(2)8-6-18/h3-4,9-13,18H,5-8H2,1-2H3,(H,25,27,30). The molecule has 1 aromatic carbocycles. The smallest absolute Gasteiger partial charge is 0.260 e. The van der Waals surface area contributed by atoms with Crippen LogP contribution in [0.25, 0.3) is 22.2 Å². The largest absolute Gasteiger partial charge is 0.441 e. The quantitative estimate of drug-likeness (QED) is 0.543. The van der Waals surface area contributed by atoms with Crippen LogP contribution in [-0.2, 0) is 0 Å². The van der Waals surface area contributed by atoms with Gasteiger partial charge in [0, 0.05) is 24.1 Å². The molecule has 0 bridgehead atoms. The molecule has 31 heavy (non-hydrogen) atoms. The van der Waals surface area contributed by atoms with Crippen molar-refractivity contribution in [3.05, 3.63) is 54.3 Å². The number of carbonyl (C=O) groups excluding carboxylic acids is 1. The molecule has 1 aliphatic heterocycles. The molecule has 0 radical (unpaired) electrons. The Morgan fingerprint density at radius 3 is 2.77 bits per heavy atom. The summed E-state index contributed by atoms with van der Waals surface area (Å²) >= 11 is 0. The van der Waals surface area contributed by atoms with Gasteiger partial charge in [-0.1, -0.05) is 0 Å². The first-order valence-corrected chi connectivity index (χ1v) is 10.3. The molecule has 9 heteroatoms. The van der Waals surface area contributed by atoms with E-state index in [0.29, 0.717) is 29.1 Å². The Balaban J connectivity index is 1.33. The number of carbonyl (C=O) groups is 1. The van der Waals surface area contributed by atoms with Crippen LogP contribution in [0.2, 0.25) is 0 Å². The summed E-state index contributed by atoms with van der Waals surface area (Å²) in [5.74, 6) is 1.42. The number of anilines is 1. The monoisotopic (exact) mass is 417 g/mol. The van der Waals surface area contributed by atoms with Crippen LogP contribution >= 0.6 is 0 Å². The number of likely N-dealkylation sites (tertiary alicyclic amines) is 1. The number of aryl methyl sites for hydroxylation is 1. The van der Waals surface area contributed by atoms with Gasteiger partial charge in [-0.2, -0.15) is 5.10 Å². The number of amides is 1. The van der Waals surface area contributed by atoms with Crippen molar-refractivity contribution in [2.24, 2.45) is 0 Å². The number of nitrogens with zero attached hydrogens (tertiary/aromatic N) is 6. The minimum Gasteiger partial charge on any atom is -0.441 e. The van der Waals surface area contributed by atoms with Gasteiger partial charge in [0.15, 0.2) is 17.5 Å². The fraction of sp³-hybridized carbons (Fsp3) is 0.318. The van der Waals surface area contributed by atoms with Crippen LogP contribution in [0.15, 0.2) is 47.3 Å². The first-order valence-electron chi connectivity index (χ1n) is 10.3. The summed E-state index contributed by atoms with van der Waals surface area (Å²) in [5, 5.41) is 16.4. The zero-order valence-electron chi connectivity index (χ0n) is 17.4. The van der Waals surface area contributed by atoms with Gasteiger partial charge in [-0.05, 0) is 57.2 Å². The average molecular weight is 417 g/mol. The second-order valence-electron chi connectivity index (χ2n) is 7.94. The highest BCUT2D eigenvalue weighted by atomic mass is 16.4. The first kappa shape index (κ1) is 19.4. The molecule has 1 saturated heterocycles. The van der Waals surface area contributed by atoms with Crippen LogP contribution in [0.1, 0.15) is 35.1 Å². The fourth-order valence-corrected chi connectivity index (χ4v) is 3.86. The summed E-state index contributed by atoms with van der Waals surface area (Å²) in [6.45, 7) is 3.88. The summed E-state index contributed by atoms with van der Waals surface area (Å²) < 4.78 is 7.50. The number of oxazole rings is 1. The maximum Gasteiger partial charge on any atom is 0.260 e. The Morgan fingerprint density at radius 2 is 2.00 bits per heavy atom. The second kappa shape index (κ2) is 7.92. The molecule has 158 valence electrons. The van der Waals surface area contributed by atoms with Crippen molar-refractivity contribution in [1.82, 2.24) is 29.9 Å². The van der Waals surface area contributed by atoms with Gasteiger partial charge in [-0.15, -0.1) is 10.2 Å². The SMILES string of the molecule is Cc1ncc(-c2ccc3nnc(NC(=O)c4cnn(C5CCN(C)CC5)c4)cc3c2)o1. The van der Waals surface area contributed by atoms with Crippen molar-refractivity contribution in [2.75, 3.05) is 25.5 Å². The van der Waals surface area contributed by atoms with E-state index in [-0.39, 0.29) is 5.91 Å². The number of hydrogen-bond donors (Lipinski definition) is 1. The van der Waals surface area contributed by atoms with Crippen LogP contribution in [0, 0.1) is 6.92 Å². The Kier molecular flexibility index (Phi) is 4.95. The van der Waals surface area contributed by atoms with E-state index in [1.165, 1.54) is 0 Å². The van der Waals surface area contributed by atoms with Gasteiger partial charge in [0.25, 0.3) is 5.91 Å². The minimum atomic E-state index is -0.255. The van der Waals surface area contributed by atoms with Gasteiger partial charge in [-0.25, -0.2) is 4.98 Å². The number of nitrogens with one attached hydrogen (secondary N) is 1. The lowest BCUT2D eigenvalue weighted by Crippen LogP contribution is -2.31. The van der Waals surface area contributed by atoms with Gasteiger partial charge in [0.05, 0.1) is 29.5 Å². The van der Waals surface area contributed by atoms with Gasteiger partial charge < -0.3 is 14.6 Å². The third-order valence-corrected chi connectivity index (χ3v) is 5.66. The second-order valence-corrected chi connectivity index (χ2v) is 7.94. The molecule has 1 amide bonds. The zero-order valence-corrected chi connectivity index (χ0v) is 17.4. The van der Waals surface area contributed by atoms with E-state index < -0.39 is 0 Å². The molecule has 0 atom stereocenters. The van der Waals surface area contributed by atoms with E-state index >= 15 is 0 Å². The predicted molar refractivity (Wildman–Crippen MR) is 116 cm³/mol.